The van der Waals surface area contributed by atoms with Crippen LogP contribution in [0.1, 0.15) is 19.8 Å². The van der Waals surface area contributed by atoms with Gasteiger partial charge in [-0.3, -0.25) is 0 Å². The van der Waals surface area contributed by atoms with E-state index >= 15 is 0 Å². The van der Waals surface area contributed by atoms with E-state index in [0.29, 0.717) is 6.54 Å². The van der Waals surface area contributed by atoms with Crippen LogP contribution in [0.25, 0.3) is 0 Å². The zero-order chi connectivity index (χ0) is 9.73. The average molecular weight is 244 g/mol. The van der Waals surface area contributed by atoms with Crippen LogP contribution in [0.15, 0.2) is 0 Å². The Hall–Kier alpha value is 0.120. The molecule has 3 N–H and O–H groups in total. The van der Waals surface area contributed by atoms with Crippen LogP contribution in [-0.4, -0.2) is 34.1 Å². The van der Waals surface area contributed by atoms with Crippen molar-refractivity contribution in [1.29, 1.82) is 0 Å². The third kappa shape index (κ3) is 5.11. The Balaban J connectivity index is 0.00000169. The normalized spacial score (nSPS) is 18.9. The van der Waals surface area contributed by atoms with E-state index in [4.69, 9.17) is 0 Å². The summed E-state index contributed by atoms with van der Waals surface area (Å²) >= 11 is 0. The van der Waals surface area contributed by atoms with Gasteiger partial charge in [-0.15, -0.1) is 12.4 Å². The molecule has 0 aromatic carbocycles. The van der Waals surface area contributed by atoms with Gasteiger partial charge in [0.25, 0.3) is 10.2 Å². The van der Waals surface area contributed by atoms with Gasteiger partial charge in [0, 0.05) is 12.6 Å². The fraction of sp³-hybridized carbons (Fsp3) is 1.00. The molecule has 0 aromatic rings. The molecular formula is C7H18ClN3O2S. The molecule has 1 fully saturated rings. The first-order valence-corrected chi connectivity index (χ1v) is 6.10. The third-order valence-electron chi connectivity index (χ3n) is 2.00. The first-order valence-electron chi connectivity index (χ1n) is 4.61. The van der Waals surface area contributed by atoms with Crippen molar-refractivity contribution >= 4 is 22.6 Å². The lowest BCUT2D eigenvalue weighted by molar-refractivity contribution is 0.425. The van der Waals surface area contributed by atoms with Gasteiger partial charge in [-0.05, 0) is 25.9 Å². The summed E-state index contributed by atoms with van der Waals surface area (Å²) in [5, 5.41) is 3.18. The molecule has 0 saturated carbocycles. The molecule has 0 spiro atoms. The molecule has 1 heterocycles. The van der Waals surface area contributed by atoms with Crippen LogP contribution in [0.2, 0.25) is 0 Å². The summed E-state index contributed by atoms with van der Waals surface area (Å²) in [6, 6.07) is 0.0882. The zero-order valence-corrected chi connectivity index (χ0v) is 9.88. The number of hydrogen-bond donors (Lipinski definition) is 3. The van der Waals surface area contributed by atoms with E-state index in [2.05, 4.69) is 14.8 Å². The van der Waals surface area contributed by atoms with Crippen molar-refractivity contribution in [3.8, 4) is 0 Å². The topological polar surface area (TPSA) is 70.2 Å². The van der Waals surface area contributed by atoms with Crippen LogP contribution in [-0.2, 0) is 10.2 Å². The molecular weight excluding hydrogens is 226 g/mol. The predicted octanol–water partition coefficient (Wildman–Crippen LogP) is -0.396. The Bertz CT molecular complexity index is 239. The van der Waals surface area contributed by atoms with E-state index in [9.17, 15) is 8.42 Å². The van der Waals surface area contributed by atoms with Crippen molar-refractivity contribution in [3.63, 3.8) is 0 Å². The highest BCUT2D eigenvalue weighted by atomic mass is 35.5. The quantitative estimate of drug-likeness (QED) is 0.630. The lowest BCUT2D eigenvalue weighted by Crippen LogP contribution is -2.47. The fourth-order valence-electron chi connectivity index (χ4n) is 1.39. The third-order valence-corrected chi connectivity index (χ3v) is 3.31. The minimum atomic E-state index is -3.26. The summed E-state index contributed by atoms with van der Waals surface area (Å²) in [6.45, 7) is 3.97. The van der Waals surface area contributed by atoms with Crippen molar-refractivity contribution in [2.75, 3.05) is 19.6 Å². The molecule has 1 aliphatic heterocycles. The number of halogens is 1. The summed E-state index contributed by atoms with van der Waals surface area (Å²) in [5.74, 6) is 0. The summed E-state index contributed by atoms with van der Waals surface area (Å²) in [4.78, 5) is 0. The highest BCUT2D eigenvalue weighted by Crippen LogP contribution is 2.02. The SMILES string of the molecule is CCNS(=O)(=O)NC1CCNCC1.Cl. The van der Waals surface area contributed by atoms with Gasteiger partial charge in [-0.2, -0.15) is 13.1 Å². The molecule has 1 aliphatic rings. The number of hydrogen-bond acceptors (Lipinski definition) is 3. The summed E-state index contributed by atoms with van der Waals surface area (Å²) in [6.07, 6.45) is 1.73. The molecule has 0 bridgehead atoms. The second-order valence-electron chi connectivity index (χ2n) is 3.14. The number of nitrogens with one attached hydrogen (secondary N) is 3. The Morgan fingerprint density at radius 1 is 1.36 bits per heavy atom. The smallest absolute Gasteiger partial charge is 0.277 e. The first-order chi connectivity index (χ1) is 6.14. The minimum absolute atomic E-state index is 0. The molecule has 0 unspecified atom stereocenters. The summed E-state index contributed by atoms with van der Waals surface area (Å²) < 4.78 is 27.5. The largest absolute Gasteiger partial charge is 0.317 e. The second-order valence-corrected chi connectivity index (χ2v) is 4.67. The van der Waals surface area contributed by atoms with E-state index in [1.54, 1.807) is 6.92 Å². The van der Waals surface area contributed by atoms with Crippen LogP contribution in [0.4, 0.5) is 0 Å². The van der Waals surface area contributed by atoms with Crippen molar-refractivity contribution in [1.82, 2.24) is 14.8 Å². The van der Waals surface area contributed by atoms with Gasteiger partial charge in [0.2, 0.25) is 0 Å². The Labute approximate surface area is 91.6 Å². The Morgan fingerprint density at radius 2 is 1.93 bits per heavy atom. The maximum absolute atomic E-state index is 11.3. The maximum atomic E-state index is 11.3. The average Bonchev–Trinajstić information content (AvgIpc) is 2.04. The first kappa shape index (κ1) is 14.1. The molecule has 86 valence electrons. The minimum Gasteiger partial charge on any atom is -0.317 e. The van der Waals surface area contributed by atoms with E-state index in [-0.39, 0.29) is 18.4 Å². The second kappa shape index (κ2) is 6.58. The van der Waals surface area contributed by atoms with Gasteiger partial charge in [-0.1, -0.05) is 6.92 Å². The van der Waals surface area contributed by atoms with Gasteiger partial charge < -0.3 is 5.32 Å². The predicted molar refractivity (Wildman–Crippen MR) is 58.9 cm³/mol. The molecule has 1 saturated heterocycles. The Morgan fingerprint density at radius 3 is 2.43 bits per heavy atom. The highest BCUT2D eigenvalue weighted by Gasteiger charge is 2.18. The van der Waals surface area contributed by atoms with E-state index < -0.39 is 10.2 Å². The molecule has 0 radical (unpaired) electrons. The lowest BCUT2D eigenvalue weighted by atomic mass is 10.1. The van der Waals surface area contributed by atoms with Crippen LogP contribution < -0.4 is 14.8 Å². The molecule has 0 aliphatic carbocycles. The van der Waals surface area contributed by atoms with Crippen molar-refractivity contribution in [2.45, 2.75) is 25.8 Å². The standard InChI is InChI=1S/C7H17N3O2S.ClH/c1-2-9-13(11,12)10-7-3-5-8-6-4-7;/h7-10H,2-6H2,1H3;1H. The fourth-order valence-corrected chi connectivity index (χ4v) is 2.53. The molecule has 0 amide bonds. The summed E-state index contributed by atoms with van der Waals surface area (Å²) in [5.41, 5.74) is 0. The van der Waals surface area contributed by atoms with Crippen LogP contribution in [0, 0.1) is 0 Å². The summed E-state index contributed by atoms with van der Waals surface area (Å²) in [7, 11) is -3.26. The maximum Gasteiger partial charge on any atom is 0.277 e. The molecule has 14 heavy (non-hydrogen) atoms. The molecule has 5 nitrogen and oxygen atoms in total. The monoisotopic (exact) mass is 243 g/mol. The van der Waals surface area contributed by atoms with Gasteiger partial charge in [0.1, 0.15) is 0 Å². The number of piperidine rings is 1. The van der Waals surface area contributed by atoms with E-state index in [1.165, 1.54) is 0 Å². The Kier molecular flexibility index (Phi) is 6.63. The van der Waals surface area contributed by atoms with Gasteiger partial charge >= 0.3 is 0 Å². The van der Waals surface area contributed by atoms with Crippen molar-refractivity contribution < 1.29 is 8.42 Å². The van der Waals surface area contributed by atoms with E-state index in [1.807, 2.05) is 0 Å². The molecule has 0 atom stereocenters. The van der Waals surface area contributed by atoms with Gasteiger partial charge in [0.05, 0.1) is 0 Å². The van der Waals surface area contributed by atoms with Crippen LogP contribution in [0.3, 0.4) is 0 Å². The molecule has 1 rings (SSSR count). The molecule has 0 aromatic heterocycles. The van der Waals surface area contributed by atoms with E-state index in [0.717, 1.165) is 25.9 Å². The van der Waals surface area contributed by atoms with Crippen molar-refractivity contribution in [3.05, 3.63) is 0 Å². The lowest BCUT2D eigenvalue weighted by Gasteiger charge is -2.23. The van der Waals surface area contributed by atoms with Crippen molar-refractivity contribution in [2.24, 2.45) is 0 Å². The van der Waals surface area contributed by atoms with Crippen LogP contribution >= 0.6 is 12.4 Å². The van der Waals surface area contributed by atoms with Gasteiger partial charge in [-0.25, -0.2) is 4.72 Å². The van der Waals surface area contributed by atoms with Gasteiger partial charge in [0.15, 0.2) is 0 Å². The number of rotatable bonds is 4. The highest BCUT2D eigenvalue weighted by molar-refractivity contribution is 7.87. The molecule has 7 heteroatoms. The zero-order valence-electron chi connectivity index (χ0n) is 8.25. The van der Waals surface area contributed by atoms with Crippen LogP contribution in [0.5, 0.6) is 0 Å².